The second kappa shape index (κ2) is 26.7. The largest absolute Gasteiger partial charge is 0.472 e. The van der Waals surface area contributed by atoms with Gasteiger partial charge in [-0.15, -0.1) is 0 Å². The number of esters is 1. The van der Waals surface area contributed by atoms with E-state index in [1.54, 1.807) is 0 Å². The molecule has 3 N–H and O–H groups in total. The fourth-order valence-corrected chi connectivity index (χ4v) is 4.77. The van der Waals surface area contributed by atoms with Crippen molar-refractivity contribution in [2.75, 3.05) is 33.0 Å². The molecule has 0 saturated carbocycles. The molecule has 0 saturated heterocycles. The number of hydrogen-bond donors (Lipinski definition) is 3. The first-order valence-electron chi connectivity index (χ1n) is 15.0. The maximum Gasteiger partial charge on any atom is 0.472 e. The average Bonchev–Trinajstić information content (AvgIpc) is 2.89. The Kier molecular flexibility index (Phi) is 26.3. The monoisotopic (exact) mass is 568 g/mol. The van der Waals surface area contributed by atoms with E-state index in [1.807, 2.05) is 6.92 Å². The van der Waals surface area contributed by atoms with Crippen LogP contribution >= 0.6 is 7.82 Å². The summed E-state index contributed by atoms with van der Waals surface area (Å²) in [7, 11) is -4.47. The molecular formula is C28H57O9P. The number of aliphatic hydroxyl groups excluding tert-OH is 2. The highest BCUT2D eigenvalue weighted by atomic mass is 31.2. The zero-order valence-electron chi connectivity index (χ0n) is 24.2. The number of hydrogen-bond acceptors (Lipinski definition) is 8. The van der Waals surface area contributed by atoms with E-state index < -0.39 is 39.2 Å². The third-order valence-electron chi connectivity index (χ3n) is 6.26. The van der Waals surface area contributed by atoms with E-state index in [0.717, 1.165) is 12.8 Å². The predicted octanol–water partition coefficient (Wildman–Crippen LogP) is 6.46. The molecule has 0 bridgehead atoms. The highest BCUT2D eigenvalue weighted by Crippen LogP contribution is 2.43. The Hall–Kier alpha value is -0.540. The van der Waals surface area contributed by atoms with Crippen LogP contribution in [0.5, 0.6) is 0 Å². The number of rotatable bonds is 29. The SMILES string of the molecule is CCCCCCCCCCCCCCCCCCOC[C@H](COP(=O)(O)OC[C@@H](O)CO)OC(=O)CCC. The van der Waals surface area contributed by atoms with E-state index in [4.69, 9.17) is 19.1 Å². The van der Waals surface area contributed by atoms with Crippen LogP contribution < -0.4 is 0 Å². The van der Waals surface area contributed by atoms with Gasteiger partial charge in [0.05, 0.1) is 26.4 Å². The standard InChI is InChI=1S/C28H57O9P/c1-3-5-6-7-8-9-10-11-12-13-14-15-16-17-18-19-21-34-24-27(37-28(31)20-4-2)25-36-38(32,33)35-23-26(30)22-29/h26-27,29-30H,3-25H2,1-2H3,(H,32,33)/t26-,27+/m0/s1. The van der Waals surface area contributed by atoms with E-state index in [0.29, 0.717) is 13.0 Å². The van der Waals surface area contributed by atoms with E-state index in [9.17, 15) is 19.4 Å². The lowest BCUT2D eigenvalue weighted by Crippen LogP contribution is -2.28. The summed E-state index contributed by atoms with van der Waals surface area (Å²) in [5.74, 6) is -0.434. The molecule has 0 aliphatic rings. The molecule has 0 rings (SSSR count). The summed E-state index contributed by atoms with van der Waals surface area (Å²) in [6.45, 7) is 3.13. The number of ether oxygens (including phenoxy) is 2. The molecule has 38 heavy (non-hydrogen) atoms. The van der Waals surface area contributed by atoms with Crippen molar-refractivity contribution in [3.8, 4) is 0 Å². The van der Waals surface area contributed by atoms with E-state index in [1.165, 1.54) is 89.9 Å². The van der Waals surface area contributed by atoms with Gasteiger partial charge in [0, 0.05) is 13.0 Å². The normalized spacial score (nSPS) is 14.8. The van der Waals surface area contributed by atoms with Crippen molar-refractivity contribution in [2.45, 2.75) is 142 Å². The molecule has 228 valence electrons. The van der Waals surface area contributed by atoms with Gasteiger partial charge in [-0.3, -0.25) is 13.8 Å². The molecule has 3 atom stereocenters. The Morgan fingerprint density at radius 3 is 1.66 bits per heavy atom. The van der Waals surface area contributed by atoms with Gasteiger partial charge in [0.2, 0.25) is 0 Å². The lowest BCUT2D eigenvalue weighted by atomic mass is 10.0. The van der Waals surface area contributed by atoms with Gasteiger partial charge in [-0.05, 0) is 12.8 Å². The number of phosphoric acid groups is 1. The zero-order chi connectivity index (χ0) is 28.3. The van der Waals surface area contributed by atoms with Crippen LogP contribution in [0.4, 0.5) is 0 Å². The number of phosphoric ester groups is 1. The lowest BCUT2D eigenvalue weighted by molar-refractivity contribution is -0.154. The molecule has 0 amide bonds. The van der Waals surface area contributed by atoms with Crippen LogP contribution in [0.1, 0.15) is 129 Å². The summed E-state index contributed by atoms with van der Waals surface area (Å²) in [4.78, 5) is 21.6. The first-order valence-corrected chi connectivity index (χ1v) is 16.5. The fourth-order valence-electron chi connectivity index (χ4n) is 3.98. The summed E-state index contributed by atoms with van der Waals surface area (Å²) in [5, 5.41) is 18.0. The smallest absolute Gasteiger partial charge is 0.457 e. The topological polar surface area (TPSA) is 132 Å². The maximum absolute atomic E-state index is 11.9. The van der Waals surface area contributed by atoms with Crippen molar-refractivity contribution in [1.29, 1.82) is 0 Å². The molecule has 9 nitrogen and oxygen atoms in total. The van der Waals surface area contributed by atoms with Crippen molar-refractivity contribution < 1.29 is 43.0 Å². The first-order chi connectivity index (χ1) is 18.3. The third-order valence-corrected chi connectivity index (χ3v) is 7.21. The van der Waals surface area contributed by atoms with Gasteiger partial charge in [-0.25, -0.2) is 4.57 Å². The fraction of sp³-hybridized carbons (Fsp3) is 0.964. The van der Waals surface area contributed by atoms with Crippen LogP contribution in [0, 0.1) is 0 Å². The molecule has 1 unspecified atom stereocenters. The van der Waals surface area contributed by atoms with Crippen molar-refractivity contribution in [2.24, 2.45) is 0 Å². The number of carbonyl (C=O) groups is 1. The summed E-state index contributed by atoms with van der Waals surface area (Å²) >= 11 is 0. The highest BCUT2D eigenvalue weighted by Gasteiger charge is 2.26. The van der Waals surface area contributed by atoms with Gasteiger partial charge in [0.15, 0.2) is 0 Å². The van der Waals surface area contributed by atoms with Gasteiger partial charge >= 0.3 is 13.8 Å². The maximum atomic E-state index is 11.9. The van der Waals surface area contributed by atoms with Gasteiger partial charge < -0.3 is 24.6 Å². The number of unbranched alkanes of at least 4 members (excludes halogenated alkanes) is 15. The number of carbonyl (C=O) groups excluding carboxylic acids is 1. The van der Waals surface area contributed by atoms with Gasteiger partial charge in [0.1, 0.15) is 12.2 Å². The molecule has 10 heteroatoms. The molecule has 0 radical (unpaired) electrons. The average molecular weight is 569 g/mol. The van der Waals surface area contributed by atoms with Crippen LogP contribution in [0.15, 0.2) is 0 Å². The summed E-state index contributed by atoms with van der Waals surface area (Å²) in [6, 6.07) is 0. The van der Waals surface area contributed by atoms with Crippen molar-refractivity contribution in [1.82, 2.24) is 0 Å². The Morgan fingerprint density at radius 1 is 0.711 bits per heavy atom. The molecule has 0 heterocycles. The zero-order valence-corrected chi connectivity index (χ0v) is 25.1. The minimum absolute atomic E-state index is 0.0491. The summed E-state index contributed by atoms with van der Waals surface area (Å²) in [5.41, 5.74) is 0. The number of aliphatic hydroxyl groups is 2. The predicted molar refractivity (Wildman–Crippen MR) is 150 cm³/mol. The minimum Gasteiger partial charge on any atom is -0.457 e. The van der Waals surface area contributed by atoms with E-state index >= 15 is 0 Å². The second-order valence-corrected chi connectivity index (χ2v) is 11.6. The van der Waals surface area contributed by atoms with Crippen LogP contribution in [-0.2, 0) is 27.9 Å². The quantitative estimate of drug-likeness (QED) is 0.0528. The lowest BCUT2D eigenvalue weighted by Gasteiger charge is -2.20. The molecular weight excluding hydrogens is 511 g/mol. The van der Waals surface area contributed by atoms with Crippen molar-refractivity contribution >= 4 is 13.8 Å². The Balaban J connectivity index is 3.84. The van der Waals surface area contributed by atoms with E-state index in [2.05, 4.69) is 11.4 Å². The molecule has 0 aliphatic heterocycles. The molecule has 0 spiro atoms. The van der Waals surface area contributed by atoms with Crippen LogP contribution in [-0.4, -0.2) is 66.3 Å². The highest BCUT2D eigenvalue weighted by molar-refractivity contribution is 7.47. The third kappa shape index (κ3) is 25.7. The minimum atomic E-state index is -4.47. The Morgan fingerprint density at radius 2 is 1.18 bits per heavy atom. The molecule has 0 aromatic heterocycles. The van der Waals surface area contributed by atoms with Gasteiger partial charge in [0.25, 0.3) is 0 Å². The van der Waals surface area contributed by atoms with E-state index in [-0.39, 0.29) is 19.6 Å². The Labute approximate surface area is 231 Å². The van der Waals surface area contributed by atoms with Crippen LogP contribution in [0.3, 0.4) is 0 Å². The molecule has 0 aromatic carbocycles. The summed E-state index contributed by atoms with van der Waals surface area (Å²) in [6.07, 6.45) is 19.4. The van der Waals surface area contributed by atoms with Crippen LogP contribution in [0.25, 0.3) is 0 Å². The first kappa shape index (κ1) is 37.5. The van der Waals surface area contributed by atoms with Gasteiger partial charge in [-0.2, -0.15) is 0 Å². The van der Waals surface area contributed by atoms with Gasteiger partial charge in [-0.1, -0.05) is 110 Å². The molecule has 0 aromatic rings. The Bertz CT molecular complexity index is 577. The van der Waals surface area contributed by atoms with Crippen molar-refractivity contribution in [3.05, 3.63) is 0 Å². The summed E-state index contributed by atoms with van der Waals surface area (Å²) < 4.78 is 32.4. The molecule has 0 fully saturated rings. The van der Waals surface area contributed by atoms with Crippen LogP contribution in [0.2, 0.25) is 0 Å². The molecule has 0 aliphatic carbocycles. The van der Waals surface area contributed by atoms with Crippen molar-refractivity contribution in [3.63, 3.8) is 0 Å². The second-order valence-electron chi connectivity index (χ2n) is 10.1.